The van der Waals surface area contributed by atoms with Crippen LogP contribution < -0.4 is 0 Å². The summed E-state index contributed by atoms with van der Waals surface area (Å²) in [7, 11) is -5.83. The number of carbonyl (C=O) groups is 1. The Morgan fingerprint density at radius 1 is 1.12 bits per heavy atom. The lowest BCUT2D eigenvalue weighted by Crippen LogP contribution is -2.36. The minimum absolute atomic E-state index is 0.262. The number of hydrogen-bond donors (Lipinski definition) is 0. The molecule has 1 saturated carbocycles. The highest BCUT2D eigenvalue weighted by molar-refractivity contribution is 7.98. The summed E-state index contributed by atoms with van der Waals surface area (Å²) >= 11 is 0. The third kappa shape index (κ3) is 5.01. The Labute approximate surface area is 154 Å². The Bertz CT molecular complexity index is 741. The molecule has 0 saturated heterocycles. The summed E-state index contributed by atoms with van der Waals surface area (Å²) in [5, 5.41) is 1.09. The average Bonchev–Trinajstić information content (AvgIpc) is 2.91. The van der Waals surface area contributed by atoms with Crippen LogP contribution in [0.5, 0.6) is 0 Å². The number of halogens is 3. The van der Waals surface area contributed by atoms with Crippen molar-refractivity contribution in [1.82, 2.24) is 0 Å². The maximum atomic E-state index is 12.5. The molecular formula is C17H21F3O4S2. The van der Waals surface area contributed by atoms with Crippen molar-refractivity contribution in [2.24, 2.45) is 0 Å². The maximum Gasteiger partial charge on any atom is 0.485 e. The summed E-state index contributed by atoms with van der Waals surface area (Å²) in [6, 6.07) is 8.19. The molecule has 2 atom stereocenters. The monoisotopic (exact) mass is 410 g/mol. The molecule has 26 heavy (non-hydrogen) atoms. The van der Waals surface area contributed by atoms with E-state index in [9.17, 15) is 18.0 Å². The standard InChI is InChI=1S/C16H21OS.CHF3O3S/c1-18(13-8-3-2-4-9-13)15-11-12-7-5-6-10-14(12)16(15)17;2-1(3,4)8(5,6)7/h5-7,10,13,15H,2-4,8-9,11H2,1H3;(H,5,6,7)/q+1;/p-1. The third-order valence-corrected chi connectivity index (χ3v) is 8.16. The van der Waals surface area contributed by atoms with Crippen LogP contribution >= 0.6 is 0 Å². The Morgan fingerprint density at radius 2 is 1.65 bits per heavy atom. The molecule has 146 valence electrons. The van der Waals surface area contributed by atoms with Gasteiger partial charge in [0, 0.05) is 12.0 Å². The number of carbonyl (C=O) groups excluding carboxylic acids is 1. The van der Waals surface area contributed by atoms with Crippen molar-refractivity contribution in [3.63, 3.8) is 0 Å². The molecule has 1 aromatic carbocycles. The molecule has 0 spiro atoms. The molecule has 0 aromatic heterocycles. The van der Waals surface area contributed by atoms with Gasteiger partial charge in [-0.25, -0.2) is 8.42 Å². The summed E-state index contributed by atoms with van der Waals surface area (Å²) in [6.07, 6.45) is 10.2. The van der Waals surface area contributed by atoms with E-state index in [1.807, 2.05) is 12.1 Å². The van der Waals surface area contributed by atoms with Crippen LogP contribution in [0.2, 0.25) is 0 Å². The zero-order valence-electron chi connectivity index (χ0n) is 14.3. The quantitative estimate of drug-likeness (QED) is 0.425. The first-order valence-electron chi connectivity index (χ1n) is 8.30. The first kappa shape index (κ1) is 21.2. The molecule has 0 aliphatic heterocycles. The Morgan fingerprint density at radius 3 is 2.15 bits per heavy atom. The highest BCUT2D eigenvalue weighted by Gasteiger charge is 2.44. The first-order chi connectivity index (χ1) is 12.0. The normalized spacial score (nSPS) is 22.3. The van der Waals surface area contributed by atoms with E-state index in [1.165, 1.54) is 37.7 Å². The fraction of sp³-hybridized carbons (Fsp3) is 0.588. The number of alkyl halides is 3. The number of rotatable bonds is 2. The van der Waals surface area contributed by atoms with Gasteiger partial charge in [-0.1, -0.05) is 30.7 Å². The molecule has 1 fully saturated rings. The van der Waals surface area contributed by atoms with E-state index >= 15 is 0 Å². The van der Waals surface area contributed by atoms with E-state index in [1.54, 1.807) is 0 Å². The topological polar surface area (TPSA) is 74.3 Å². The van der Waals surface area contributed by atoms with Crippen molar-refractivity contribution < 1.29 is 30.9 Å². The summed E-state index contributed by atoms with van der Waals surface area (Å²) in [6.45, 7) is 0. The highest BCUT2D eigenvalue weighted by atomic mass is 32.2. The summed E-state index contributed by atoms with van der Waals surface area (Å²) in [5.41, 5.74) is -3.37. The molecule has 1 aromatic rings. The zero-order chi connectivity index (χ0) is 19.5. The van der Waals surface area contributed by atoms with Crippen LogP contribution in [0.15, 0.2) is 24.3 Å². The third-order valence-electron chi connectivity index (χ3n) is 4.79. The summed E-state index contributed by atoms with van der Waals surface area (Å²) < 4.78 is 58.9. The first-order valence-corrected chi connectivity index (χ1v) is 11.5. The van der Waals surface area contributed by atoms with Gasteiger partial charge in [0.2, 0.25) is 5.78 Å². The molecule has 0 amide bonds. The van der Waals surface area contributed by atoms with Gasteiger partial charge >= 0.3 is 5.51 Å². The van der Waals surface area contributed by atoms with Crippen molar-refractivity contribution in [1.29, 1.82) is 0 Å². The smallest absolute Gasteiger partial charge is 0.485 e. The molecule has 3 rings (SSSR count). The predicted octanol–water partition coefficient (Wildman–Crippen LogP) is 3.43. The molecule has 9 heteroatoms. The van der Waals surface area contributed by atoms with Gasteiger partial charge < -0.3 is 4.55 Å². The number of hydrogen-bond acceptors (Lipinski definition) is 4. The van der Waals surface area contributed by atoms with Gasteiger partial charge in [-0.15, -0.1) is 0 Å². The molecule has 4 nitrogen and oxygen atoms in total. The van der Waals surface area contributed by atoms with Crippen LogP contribution in [0, 0.1) is 0 Å². The second-order valence-electron chi connectivity index (χ2n) is 6.48. The van der Waals surface area contributed by atoms with E-state index < -0.39 is 15.6 Å². The maximum absolute atomic E-state index is 12.5. The van der Waals surface area contributed by atoms with Gasteiger partial charge in [0.05, 0.1) is 6.26 Å². The summed E-state index contributed by atoms with van der Waals surface area (Å²) in [4.78, 5) is 12.5. The molecule has 0 heterocycles. The van der Waals surface area contributed by atoms with Crippen LogP contribution in [0.25, 0.3) is 0 Å². The van der Waals surface area contributed by atoms with E-state index in [0.717, 1.165) is 17.2 Å². The molecule has 0 bridgehead atoms. The number of Topliss-reactive ketones (excluding diaryl/α,β-unsaturated/α-hetero) is 1. The van der Waals surface area contributed by atoms with E-state index in [2.05, 4.69) is 18.4 Å². The minimum atomic E-state index is -6.09. The van der Waals surface area contributed by atoms with Gasteiger partial charge in [0.15, 0.2) is 15.4 Å². The van der Waals surface area contributed by atoms with Gasteiger partial charge in [0.1, 0.15) is 5.25 Å². The Hall–Kier alpha value is -1.06. The van der Waals surface area contributed by atoms with E-state index in [-0.39, 0.29) is 16.1 Å². The van der Waals surface area contributed by atoms with Gasteiger partial charge in [-0.05, 0) is 42.1 Å². The summed E-state index contributed by atoms with van der Waals surface area (Å²) in [5.74, 6) is 0.419. The zero-order valence-corrected chi connectivity index (χ0v) is 15.9. The lowest BCUT2D eigenvalue weighted by Gasteiger charge is -2.23. The molecular weight excluding hydrogens is 389 g/mol. The van der Waals surface area contributed by atoms with E-state index in [0.29, 0.717) is 5.78 Å². The molecule has 0 N–H and O–H groups in total. The van der Waals surface area contributed by atoms with Crippen LogP contribution in [0.4, 0.5) is 13.2 Å². The number of ketones is 1. The van der Waals surface area contributed by atoms with Crippen molar-refractivity contribution in [2.75, 3.05) is 6.26 Å². The molecule has 2 aliphatic rings. The fourth-order valence-corrected chi connectivity index (χ4v) is 5.82. The lowest BCUT2D eigenvalue weighted by molar-refractivity contribution is -0.0517. The van der Waals surface area contributed by atoms with Crippen molar-refractivity contribution in [3.05, 3.63) is 35.4 Å². The minimum Gasteiger partial charge on any atom is -0.741 e. The van der Waals surface area contributed by atoms with Crippen LogP contribution in [0.3, 0.4) is 0 Å². The lowest BCUT2D eigenvalue weighted by atomic mass is 10.0. The van der Waals surface area contributed by atoms with Crippen molar-refractivity contribution >= 4 is 26.8 Å². The van der Waals surface area contributed by atoms with Crippen LogP contribution in [-0.2, 0) is 27.4 Å². The molecule has 2 unspecified atom stereocenters. The fourth-order valence-electron chi connectivity index (χ4n) is 3.37. The predicted molar refractivity (Wildman–Crippen MR) is 94.2 cm³/mol. The average molecular weight is 410 g/mol. The van der Waals surface area contributed by atoms with Crippen LogP contribution in [0.1, 0.15) is 48.0 Å². The molecule has 0 radical (unpaired) electrons. The largest absolute Gasteiger partial charge is 0.741 e. The SMILES string of the molecule is C[S+](C1CCCCC1)C1Cc2ccccc2C1=O.O=S(=O)([O-])C(F)(F)F. The highest BCUT2D eigenvalue weighted by Crippen LogP contribution is 2.33. The van der Waals surface area contributed by atoms with E-state index in [4.69, 9.17) is 13.0 Å². The Kier molecular flexibility index (Phi) is 6.79. The van der Waals surface area contributed by atoms with Crippen molar-refractivity contribution in [3.8, 4) is 0 Å². The van der Waals surface area contributed by atoms with Gasteiger partial charge in [0.25, 0.3) is 0 Å². The number of fused-ring (bicyclic) bond motifs is 1. The van der Waals surface area contributed by atoms with Gasteiger partial charge in [-0.2, -0.15) is 13.2 Å². The second kappa shape index (κ2) is 8.31. The van der Waals surface area contributed by atoms with Gasteiger partial charge in [-0.3, -0.25) is 4.79 Å². The molecule has 2 aliphatic carbocycles. The van der Waals surface area contributed by atoms with Crippen LogP contribution in [-0.4, -0.2) is 41.0 Å². The Balaban J connectivity index is 0.000000260. The number of benzene rings is 1. The van der Waals surface area contributed by atoms with Crippen molar-refractivity contribution in [2.45, 2.75) is 54.5 Å². The second-order valence-corrected chi connectivity index (χ2v) is 10.3.